The highest BCUT2D eigenvalue weighted by Crippen LogP contribution is 2.09. The molecule has 116 valence electrons. The minimum Gasteiger partial charge on any atom is -0.267 e. The van der Waals surface area contributed by atoms with Gasteiger partial charge in [-0.05, 0) is 29.8 Å². The SMILES string of the molecule is O=c1cc(/C=C/c2cccnc2)nc2ccn(-c3ccccn3)n12. The molecule has 0 spiro atoms. The summed E-state index contributed by atoms with van der Waals surface area (Å²) in [5.41, 5.74) is 1.95. The van der Waals surface area contributed by atoms with Gasteiger partial charge in [-0.15, -0.1) is 0 Å². The predicted octanol–water partition coefficient (Wildman–Crippen LogP) is 2.45. The maximum absolute atomic E-state index is 12.5. The molecule has 0 atom stereocenters. The molecule has 0 radical (unpaired) electrons. The first-order chi connectivity index (χ1) is 11.8. The van der Waals surface area contributed by atoms with Crippen LogP contribution in [0, 0.1) is 0 Å². The Hall–Kier alpha value is -3.54. The topological polar surface area (TPSA) is 65.1 Å². The van der Waals surface area contributed by atoms with Crippen LogP contribution in [0.5, 0.6) is 0 Å². The van der Waals surface area contributed by atoms with Crippen LogP contribution in [-0.4, -0.2) is 24.1 Å². The molecule has 0 aliphatic carbocycles. The lowest BCUT2D eigenvalue weighted by atomic mass is 10.2. The van der Waals surface area contributed by atoms with Crippen LogP contribution in [0.1, 0.15) is 11.3 Å². The summed E-state index contributed by atoms with van der Waals surface area (Å²) in [7, 11) is 0. The standard InChI is InChI=1S/C18H13N5O/c24-18-12-15(7-6-14-4-3-9-19-13-14)21-17-8-11-22(23(17)18)16-5-1-2-10-20-16/h1-13H/b7-6+. The van der Waals surface area contributed by atoms with Crippen molar-refractivity contribution in [2.45, 2.75) is 0 Å². The van der Waals surface area contributed by atoms with Gasteiger partial charge in [0.05, 0.1) is 5.69 Å². The second kappa shape index (κ2) is 5.92. The van der Waals surface area contributed by atoms with Crippen molar-refractivity contribution in [2.75, 3.05) is 0 Å². The van der Waals surface area contributed by atoms with Crippen molar-refractivity contribution < 1.29 is 0 Å². The van der Waals surface area contributed by atoms with Crippen molar-refractivity contribution >= 4 is 17.8 Å². The lowest BCUT2D eigenvalue weighted by Crippen LogP contribution is -2.20. The van der Waals surface area contributed by atoms with Crippen molar-refractivity contribution in [2.24, 2.45) is 0 Å². The van der Waals surface area contributed by atoms with Gasteiger partial charge >= 0.3 is 0 Å². The Labute approximate surface area is 137 Å². The van der Waals surface area contributed by atoms with Gasteiger partial charge in [0.1, 0.15) is 0 Å². The first kappa shape index (κ1) is 14.1. The van der Waals surface area contributed by atoms with Crippen LogP contribution < -0.4 is 5.56 Å². The van der Waals surface area contributed by atoms with E-state index in [9.17, 15) is 4.79 Å². The Kier molecular flexibility index (Phi) is 3.47. The zero-order chi connectivity index (χ0) is 16.4. The van der Waals surface area contributed by atoms with Crippen LogP contribution in [0.2, 0.25) is 0 Å². The van der Waals surface area contributed by atoms with Crippen molar-refractivity contribution in [3.63, 3.8) is 0 Å². The number of aromatic nitrogens is 5. The van der Waals surface area contributed by atoms with Crippen LogP contribution in [0.4, 0.5) is 0 Å². The molecule has 0 unspecified atom stereocenters. The summed E-state index contributed by atoms with van der Waals surface area (Å²) in [6.07, 6.45) is 10.6. The molecule has 0 amide bonds. The van der Waals surface area contributed by atoms with E-state index in [4.69, 9.17) is 0 Å². The van der Waals surface area contributed by atoms with E-state index in [1.165, 1.54) is 10.6 Å². The molecular formula is C18H13N5O. The molecule has 0 aromatic carbocycles. The van der Waals surface area contributed by atoms with E-state index in [-0.39, 0.29) is 5.56 Å². The average Bonchev–Trinajstić information content (AvgIpc) is 3.06. The van der Waals surface area contributed by atoms with E-state index in [1.54, 1.807) is 41.6 Å². The third-order valence-electron chi connectivity index (χ3n) is 3.54. The lowest BCUT2D eigenvalue weighted by molar-refractivity contribution is 0.744. The van der Waals surface area contributed by atoms with E-state index in [1.807, 2.05) is 36.4 Å². The Morgan fingerprint density at radius 1 is 1.00 bits per heavy atom. The third kappa shape index (κ3) is 2.61. The molecular weight excluding hydrogens is 302 g/mol. The number of hydrogen-bond acceptors (Lipinski definition) is 4. The highest BCUT2D eigenvalue weighted by Gasteiger charge is 2.07. The fraction of sp³-hybridized carbons (Fsp3) is 0. The third-order valence-corrected chi connectivity index (χ3v) is 3.54. The summed E-state index contributed by atoms with van der Waals surface area (Å²) in [5, 5.41) is 0. The van der Waals surface area contributed by atoms with Crippen molar-refractivity contribution in [1.29, 1.82) is 0 Å². The Bertz CT molecular complexity index is 1060. The van der Waals surface area contributed by atoms with Gasteiger partial charge in [-0.1, -0.05) is 18.2 Å². The summed E-state index contributed by atoms with van der Waals surface area (Å²) < 4.78 is 3.17. The van der Waals surface area contributed by atoms with Gasteiger partial charge in [0.25, 0.3) is 5.56 Å². The number of pyridine rings is 2. The van der Waals surface area contributed by atoms with Gasteiger partial charge in [-0.2, -0.15) is 4.52 Å². The Morgan fingerprint density at radius 2 is 1.96 bits per heavy atom. The molecule has 6 nitrogen and oxygen atoms in total. The molecule has 0 saturated carbocycles. The van der Waals surface area contributed by atoms with Crippen molar-refractivity contribution in [3.05, 3.63) is 88.9 Å². The summed E-state index contributed by atoms with van der Waals surface area (Å²) in [6, 6.07) is 12.6. The van der Waals surface area contributed by atoms with Crippen molar-refractivity contribution in [3.8, 4) is 5.82 Å². The van der Waals surface area contributed by atoms with Crippen LogP contribution in [0.3, 0.4) is 0 Å². The second-order valence-electron chi connectivity index (χ2n) is 5.16. The van der Waals surface area contributed by atoms with Crippen molar-refractivity contribution in [1.82, 2.24) is 24.1 Å². The van der Waals surface area contributed by atoms with E-state index in [0.717, 1.165) is 5.56 Å². The summed E-state index contributed by atoms with van der Waals surface area (Å²) in [4.78, 5) is 25.3. The quantitative estimate of drug-likeness (QED) is 0.582. The first-order valence-corrected chi connectivity index (χ1v) is 7.42. The number of rotatable bonds is 3. The van der Waals surface area contributed by atoms with Gasteiger partial charge in [0, 0.05) is 36.9 Å². The minimum atomic E-state index is -0.165. The van der Waals surface area contributed by atoms with E-state index in [0.29, 0.717) is 17.2 Å². The monoisotopic (exact) mass is 315 g/mol. The number of nitrogens with zero attached hydrogens (tertiary/aromatic N) is 5. The molecule has 0 fully saturated rings. The lowest BCUT2D eigenvalue weighted by Gasteiger charge is -2.05. The maximum atomic E-state index is 12.5. The van der Waals surface area contributed by atoms with Gasteiger partial charge in [0.15, 0.2) is 11.5 Å². The second-order valence-corrected chi connectivity index (χ2v) is 5.16. The van der Waals surface area contributed by atoms with Crippen LogP contribution in [0.15, 0.2) is 72.0 Å². The van der Waals surface area contributed by atoms with Crippen LogP contribution >= 0.6 is 0 Å². The zero-order valence-corrected chi connectivity index (χ0v) is 12.6. The fourth-order valence-corrected chi connectivity index (χ4v) is 2.45. The van der Waals surface area contributed by atoms with Gasteiger partial charge in [0.2, 0.25) is 0 Å². The van der Waals surface area contributed by atoms with Crippen LogP contribution in [0.25, 0.3) is 23.6 Å². The molecule has 0 aliphatic heterocycles. The summed E-state index contributed by atoms with van der Waals surface area (Å²) in [6.45, 7) is 0. The molecule has 4 aromatic heterocycles. The maximum Gasteiger partial charge on any atom is 0.273 e. The summed E-state index contributed by atoms with van der Waals surface area (Å²) in [5.74, 6) is 0.662. The molecule has 0 saturated heterocycles. The Morgan fingerprint density at radius 3 is 2.75 bits per heavy atom. The van der Waals surface area contributed by atoms with E-state index >= 15 is 0 Å². The minimum absolute atomic E-state index is 0.165. The molecule has 0 N–H and O–H groups in total. The molecule has 0 bridgehead atoms. The first-order valence-electron chi connectivity index (χ1n) is 7.42. The number of hydrogen-bond donors (Lipinski definition) is 0. The fourth-order valence-electron chi connectivity index (χ4n) is 2.45. The van der Waals surface area contributed by atoms with Gasteiger partial charge in [-0.25, -0.2) is 14.6 Å². The smallest absolute Gasteiger partial charge is 0.267 e. The van der Waals surface area contributed by atoms with Gasteiger partial charge in [-0.3, -0.25) is 9.78 Å². The highest BCUT2D eigenvalue weighted by molar-refractivity contribution is 5.68. The normalized spacial score (nSPS) is 11.3. The van der Waals surface area contributed by atoms with Gasteiger partial charge < -0.3 is 0 Å². The molecule has 24 heavy (non-hydrogen) atoms. The average molecular weight is 315 g/mol. The Balaban J connectivity index is 1.77. The molecule has 4 rings (SSSR count). The van der Waals surface area contributed by atoms with E-state index in [2.05, 4.69) is 15.0 Å². The molecule has 4 aromatic rings. The predicted molar refractivity (Wildman–Crippen MR) is 91.7 cm³/mol. The largest absolute Gasteiger partial charge is 0.273 e. The molecule has 4 heterocycles. The summed E-state index contributed by atoms with van der Waals surface area (Å²) >= 11 is 0. The van der Waals surface area contributed by atoms with Crippen LogP contribution in [-0.2, 0) is 0 Å². The zero-order valence-electron chi connectivity index (χ0n) is 12.6. The highest BCUT2D eigenvalue weighted by atomic mass is 16.1. The molecule has 6 heteroatoms. The van der Waals surface area contributed by atoms with E-state index < -0.39 is 0 Å². The number of fused-ring (bicyclic) bond motifs is 1. The molecule has 0 aliphatic rings.